The van der Waals surface area contributed by atoms with E-state index in [2.05, 4.69) is 0 Å². The molecule has 20 heavy (non-hydrogen) atoms. The molecule has 0 saturated carbocycles. The molecule has 0 unspecified atom stereocenters. The lowest BCUT2D eigenvalue weighted by molar-refractivity contribution is -0.132. The highest BCUT2D eigenvalue weighted by atomic mass is 32.2. The standard InChI is InChI=1S/C14H19F2NO2S/c1-10(2)17(6-7-18)14(19)5-8-20-11-3-4-12(15)13(16)9-11/h3-4,9-10,18H,5-8H2,1-2H3. The molecule has 0 heterocycles. The number of hydrogen-bond donors (Lipinski definition) is 1. The maximum Gasteiger partial charge on any atom is 0.223 e. The van der Waals surface area contributed by atoms with Crippen LogP contribution >= 0.6 is 11.8 Å². The van der Waals surface area contributed by atoms with Crippen molar-refractivity contribution in [3.63, 3.8) is 0 Å². The van der Waals surface area contributed by atoms with E-state index < -0.39 is 11.6 Å². The van der Waals surface area contributed by atoms with Crippen LogP contribution in [0.1, 0.15) is 20.3 Å². The van der Waals surface area contributed by atoms with Gasteiger partial charge in [0, 0.05) is 29.7 Å². The van der Waals surface area contributed by atoms with Crippen molar-refractivity contribution in [2.75, 3.05) is 18.9 Å². The number of rotatable bonds is 7. The molecule has 0 aromatic heterocycles. The Bertz CT molecular complexity index is 455. The molecule has 0 aliphatic rings. The first-order chi connectivity index (χ1) is 9.45. The van der Waals surface area contributed by atoms with Crippen molar-refractivity contribution in [3.8, 4) is 0 Å². The van der Waals surface area contributed by atoms with Gasteiger partial charge in [-0.1, -0.05) is 0 Å². The SMILES string of the molecule is CC(C)N(CCO)C(=O)CCSc1ccc(F)c(F)c1. The van der Waals surface area contributed by atoms with Gasteiger partial charge in [-0.25, -0.2) is 8.78 Å². The van der Waals surface area contributed by atoms with E-state index in [9.17, 15) is 13.6 Å². The summed E-state index contributed by atoms with van der Waals surface area (Å²) in [5.74, 6) is -1.33. The van der Waals surface area contributed by atoms with Crippen LogP contribution < -0.4 is 0 Å². The molecule has 0 saturated heterocycles. The van der Waals surface area contributed by atoms with E-state index in [1.54, 1.807) is 4.90 Å². The Hall–Kier alpha value is -1.14. The van der Waals surface area contributed by atoms with E-state index in [1.165, 1.54) is 17.8 Å². The molecular formula is C14H19F2NO2S. The first-order valence-corrected chi connectivity index (χ1v) is 7.42. The van der Waals surface area contributed by atoms with Gasteiger partial charge >= 0.3 is 0 Å². The third kappa shape index (κ3) is 5.09. The number of amides is 1. The van der Waals surface area contributed by atoms with Gasteiger partial charge in [0.25, 0.3) is 0 Å². The number of carbonyl (C=O) groups excluding carboxylic acids is 1. The van der Waals surface area contributed by atoms with Gasteiger partial charge in [-0.05, 0) is 32.0 Å². The van der Waals surface area contributed by atoms with Gasteiger partial charge in [-0.15, -0.1) is 11.8 Å². The van der Waals surface area contributed by atoms with Crippen molar-refractivity contribution >= 4 is 17.7 Å². The fourth-order valence-electron chi connectivity index (χ4n) is 1.75. The van der Waals surface area contributed by atoms with Crippen molar-refractivity contribution in [3.05, 3.63) is 29.8 Å². The number of halogens is 2. The van der Waals surface area contributed by atoms with E-state index in [0.29, 0.717) is 23.6 Å². The van der Waals surface area contributed by atoms with Crippen molar-refractivity contribution in [2.45, 2.75) is 31.2 Å². The molecule has 0 aliphatic heterocycles. The van der Waals surface area contributed by atoms with Crippen molar-refractivity contribution < 1.29 is 18.7 Å². The highest BCUT2D eigenvalue weighted by molar-refractivity contribution is 7.99. The van der Waals surface area contributed by atoms with Crippen LogP contribution in [-0.2, 0) is 4.79 Å². The fourth-order valence-corrected chi connectivity index (χ4v) is 2.61. The Labute approximate surface area is 122 Å². The summed E-state index contributed by atoms with van der Waals surface area (Å²) >= 11 is 1.30. The molecule has 0 aliphatic carbocycles. The summed E-state index contributed by atoms with van der Waals surface area (Å²) in [7, 11) is 0. The molecule has 1 aromatic rings. The second-order valence-electron chi connectivity index (χ2n) is 4.58. The zero-order valence-electron chi connectivity index (χ0n) is 11.6. The Balaban J connectivity index is 2.46. The normalized spacial score (nSPS) is 10.9. The average molecular weight is 303 g/mol. The summed E-state index contributed by atoms with van der Waals surface area (Å²) in [6, 6.07) is 3.72. The van der Waals surface area contributed by atoms with E-state index in [1.807, 2.05) is 13.8 Å². The van der Waals surface area contributed by atoms with Gasteiger partial charge in [0.05, 0.1) is 6.61 Å². The summed E-state index contributed by atoms with van der Waals surface area (Å²) in [4.78, 5) is 14.1. The van der Waals surface area contributed by atoms with Crippen LogP contribution in [-0.4, -0.2) is 40.9 Å². The summed E-state index contributed by atoms with van der Waals surface area (Å²) in [5.41, 5.74) is 0. The lowest BCUT2D eigenvalue weighted by Gasteiger charge is -2.25. The molecular weight excluding hydrogens is 284 g/mol. The van der Waals surface area contributed by atoms with Crippen LogP contribution in [0.2, 0.25) is 0 Å². The van der Waals surface area contributed by atoms with E-state index in [0.717, 1.165) is 12.1 Å². The van der Waals surface area contributed by atoms with Crippen molar-refractivity contribution in [2.24, 2.45) is 0 Å². The number of aliphatic hydroxyl groups excluding tert-OH is 1. The fraction of sp³-hybridized carbons (Fsp3) is 0.500. The van der Waals surface area contributed by atoms with Crippen LogP contribution in [0.3, 0.4) is 0 Å². The van der Waals surface area contributed by atoms with Gasteiger partial charge in [-0.3, -0.25) is 4.79 Å². The molecule has 1 rings (SSSR count). The van der Waals surface area contributed by atoms with Crippen LogP contribution in [0.4, 0.5) is 8.78 Å². The Morgan fingerprint density at radius 1 is 1.35 bits per heavy atom. The molecule has 0 atom stereocenters. The van der Waals surface area contributed by atoms with E-state index >= 15 is 0 Å². The zero-order valence-corrected chi connectivity index (χ0v) is 12.4. The predicted molar refractivity (Wildman–Crippen MR) is 75.6 cm³/mol. The van der Waals surface area contributed by atoms with Crippen LogP contribution in [0, 0.1) is 11.6 Å². The lowest BCUT2D eigenvalue weighted by Crippen LogP contribution is -2.39. The number of benzene rings is 1. The third-order valence-corrected chi connectivity index (χ3v) is 3.76. The van der Waals surface area contributed by atoms with Gasteiger partial charge < -0.3 is 10.0 Å². The minimum absolute atomic E-state index is 0.0305. The van der Waals surface area contributed by atoms with Gasteiger partial charge in [0.15, 0.2) is 11.6 Å². The molecule has 112 valence electrons. The van der Waals surface area contributed by atoms with E-state index in [4.69, 9.17) is 5.11 Å². The lowest BCUT2D eigenvalue weighted by atomic mass is 10.3. The third-order valence-electron chi connectivity index (χ3n) is 2.76. The average Bonchev–Trinajstić information content (AvgIpc) is 2.39. The van der Waals surface area contributed by atoms with Gasteiger partial charge in [-0.2, -0.15) is 0 Å². The quantitative estimate of drug-likeness (QED) is 0.787. The molecule has 0 radical (unpaired) electrons. The summed E-state index contributed by atoms with van der Waals surface area (Å²) in [6.07, 6.45) is 0.293. The molecule has 0 bridgehead atoms. The van der Waals surface area contributed by atoms with Crippen LogP contribution in [0.5, 0.6) is 0 Å². The summed E-state index contributed by atoms with van der Waals surface area (Å²) < 4.78 is 25.8. The second-order valence-corrected chi connectivity index (χ2v) is 5.75. The van der Waals surface area contributed by atoms with Gasteiger partial charge in [0.1, 0.15) is 0 Å². The molecule has 0 spiro atoms. The number of nitrogens with zero attached hydrogens (tertiary/aromatic N) is 1. The second kappa shape index (κ2) is 8.21. The molecule has 1 amide bonds. The maximum absolute atomic E-state index is 13.0. The van der Waals surface area contributed by atoms with Crippen LogP contribution in [0.15, 0.2) is 23.1 Å². The topological polar surface area (TPSA) is 40.5 Å². The largest absolute Gasteiger partial charge is 0.395 e. The molecule has 0 fully saturated rings. The van der Waals surface area contributed by atoms with Crippen molar-refractivity contribution in [1.29, 1.82) is 0 Å². The Morgan fingerprint density at radius 3 is 2.60 bits per heavy atom. The molecule has 1 N–H and O–H groups in total. The summed E-state index contributed by atoms with van der Waals surface area (Å²) in [5, 5.41) is 8.92. The molecule has 1 aromatic carbocycles. The maximum atomic E-state index is 13.0. The number of aliphatic hydroxyl groups is 1. The van der Waals surface area contributed by atoms with Gasteiger partial charge in [0.2, 0.25) is 5.91 Å². The Morgan fingerprint density at radius 2 is 2.05 bits per heavy atom. The first-order valence-electron chi connectivity index (χ1n) is 6.44. The molecule has 6 heteroatoms. The first kappa shape index (κ1) is 16.9. The van der Waals surface area contributed by atoms with Crippen molar-refractivity contribution in [1.82, 2.24) is 4.90 Å². The minimum Gasteiger partial charge on any atom is -0.395 e. The number of hydrogen-bond acceptors (Lipinski definition) is 3. The summed E-state index contributed by atoms with van der Waals surface area (Å²) in [6.45, 7) is 4.01. The number of thioether (sulfide) groups is 1. The highest BCUT2D eigenvalue weighted by Gasteiger charge is 2.15. The predicted octanol–water partition coefficient (Wildman–Crippen LogP) is 2.68. The monoisotopic (exact) mass is 303 g/mol. The smallest absolute Gasteiger partial charge is 0.223 e. The highest BCUT2D eigenvalue weighted by Crippen LogP contribution is 2.21. The Kier molecular flexibility index (Phi) is 6.95. The minimum atomic E-state index is -0.884. The number of carbonyl (C=O) groups is 1. The zero-order chi connectivity index (χ0) is 15.1. The van der Waals surface area contributed by atoms with E-state index in [-0.39, 0.29) is 18.6 Å². The van der Waals surface area contributed by atoms with Crippen LogP contribution in [0.25, 0.3) is 0 Å². The molecule has 3 nitrogen and oxygen atoms in total.